The zero-order valence-corrected chi connectivity index (χ0v) is 14.1. The lowest BCUT2D eigenvalue weighted by molar-refractivity contribution is 0.0962. The van der Waals surface area contributed by atoms with Gasteiger partial charge in [-0.25, -0.2) is 0 Å². The van der Waals surface area contributed by atoms with E-state index in [0.29, 0.717) is 17.8 Å². The summed E-state index contributed by atoms with van der Waals surface area (Å²) in [7, 11) is 0. The predicted molar refractivity (Wildman–Crippen MR) is 94.4 cm³/mol. The van der Waals surface area contributed by atoms with E-state index >= 15 is 0 Å². The Kier molecular flexibility index (Phi) is 6.15. The first-order chi connectivity index (χ1) is 10.6. The lowest BCUT2D eigenvalue weighted by Gasteiger charge is -2.14. The maximum Gasteiger partial charge on any atom is 0.187 e. The fourth-order valence-electron chi connectivity index (χ4n) is 2.60. The summed E-state index contributed by atoms with van der Waals surface area (Å²) in [4.78, 5) is 0. The molecule has 22 heavy (non-hydrogen) atoms. The van der Waals surface area contributed by atoms with Crippen LogP contribution in [0.4, 0.5) is 0 Å². The van der Waals surface area contributed by atoms with E-state index in [0.717, 1.165) is 31.6 Å². The molecule has 6 heteroatoms. The van der Waals surface area contributed by atoms with Crippen molar-refractivity contribution in [1.82, 2.24) is 15.3 Å². The third kappa shape index (κ3) is 4.42. The summed E-state index contributed by atoms with van der Waals surface area (Å²) in [6.07, 6.45) is 6.19. The number of rotatable bonds is 6. The highest BCUT2D eigenvalue weighted by atomic mass is 32.1. The normalized spacial score (nSPS) is 17.8. The number of aromatic nitrogens is 1. The summed E-state index contributed by atoms with van der Waals surface area (Å²) in [5.74, 6) is 0. The van der Waals surface area contributed by atoms with Crippen LogP contribution in [0.25, 0.3) is 0 Å². The van der Waals surface area contributed by atoms with Gasteiger partial charge < -0.3 is 14.6 Å². The van der Waals surface area contributed by atoms with Crippen molar-refractivity contribution < 1.29 is 4.74 Å². The summed E-state index contributed by atoms with van der Waals surface area (Å²) in [5.41, 5.74) is 6.32. The molecule has 120 valence electrons. The fraction of sp³-hybridized carbons (Fsp3) is 0.500. The fourth-order valence-corrected chi connectivity index (χ4v) is 2.73. The van der Waals surface area contributed by atoms with Crippen molar-refractivity contribution in [3.8, 4) is 0 Å². The quantitative estimate of drug-likeness (QED) is 0.365. The van der Waals surface area contributed by atoms with Crippen LogP contribution in [0.15, 0.2) is 23.8 Å². The number of hydrazone groups is 1. The molecule has 1 aliphatic rings. The smallest absolute Gasteiger partial charge is 0.187 e. The summed E-state index contributed by atoms with van der Waals surface area (Å²) in [6, 6.07) is 2.13. The van der Waals surface area contributed by atoms with E-state index < -0.39 is 0 Å². The molecule has 1 aromatic heterocycles. The molecule has 1 fully saturated rings. The zero-order valence-electron chi connectivity index (χ0n) is 13.3. The maximum absolute atomic E-state index is 5.73. The molecule has 1 aliphatic heterocycles. The van der Waals surface area contributed by atoms with Gasteiger partial charge >= 0.3 is 0 Å². The molecule has 0 amide bonds. The third-order valence-corrected chi connectivity index (χ3v) is 4.04. The van der Waals surface area contributed by atoms with Gasteiger partial charge in [0.1, 0.15) is 0 Å². The first kappa shape index (κ1) is 16.7. The van der Waals surface area contributed by atoms with Gasteiger partial charge in [-0.3, -0.25) is 5.43 Å². The second-order valence-corrected chi connectivity index (χ2v) is 5.85. The molecule has 2 heterocycles. The van der Waals surface area contributed by atoms with Crippen molar-refractivity contribution in [1.29, 1.82) is 0 Å². The SMILES string of the molecule is C=CCNC(=S)N/N=C\c1cc(C)n(C[C@H]2CCCO2)c1C. The van der Waals surface area contributed by atoms with Gasteiger partial charge in [0.15, 0.2) is 5.11 Å². The Labute approximate surface area is 137 Å². The highest BCUT2D eigenvalue weighted by Crippen LogP contribution is 2.19. The molecule has 2 rings (SSSR count). The van der Waals surface area contributed by atoms with Crippen LogP contribution in [0.1, 0.15) is 29.8 Å². The molecule has 5 nitrogen and oxygen atoms in total. The molecular formula is C16H24N4OS. The monoisotopic (exact) mass is 320 g/mol. The molecule has 0 saturated carbocycles. The molecule has 1 atom stereocenters. The number of nitrogens with one attached hydrogen (secondary N) is 2. The molecule has 1 saturated heterocycles. The van der Waals surface area contributed by atoms with E-state index in [-0.39, 0.29) is 0 Å². The van der Waals surface area contributed by atoms with Crippen molar-refractivity contribution in [2.24, 2.45) is 5.10 Å². The van der Waals surface area contributed by atoms with Crippen LogP contribution in [0.5, 0.6) is 0 Å². The van der Waals surface area contributed by atoms with Gasteiger partial charge in [0.25, 0.3) is 0 Å². The van der Waals surface area contributed by atoms with Gasteiger partial charge in [0.05, 0.1) is 12.3 Å². The van der Waals surface area contributed by atoms with Crippen molar-refractivity contribution in [3.63, 3.8) is 0 Å². The Morgan fingerprint density at radius 2 is 2.41 bits per heavy atom. The molecule has 0 aromatic carbocycles. The van der Waals surface area contributed by atoms with Crippen LogP contribution in [-0.2, 0) is 11.3 Å². The minimum absolute atomic E-state index is 0.336. The van der Waals surface area contributed by atoms with Crippen LogP contribution in [0, 0.1) is 13.8 Å². The topological polar surface area (TPSA) is 50.6 Å². The van der Waals surface area contributed by atoms with Crippen molar-refractivity contribution in [2.75, 3.05) is 13.2 Å². The van der Waals surface area contributed by atoms with Gasteiger partial charge in [0.2, 0.25) is 0 Å². The summed E-state index contributed by atoms with van der Waals surface area (Å²) >= 11 is 5.09. The third-order valence-electron chi connectivity index (χ3n) is 3.80. The predicted octanol–water partition coefficient (Wildman–Crippen LogP) is 2.27. The standard InChI is InChI=1S/C16H24N4OS/c1-4-7-17-16(22)19-18-10-14-9-12(2)20(13(14)3)11-15-6-5-8-21-15/h4,9-10,15H,1,5-8,11H2,2-3H3,(H2,17,19,22)/b18-10-/t15-/m1/s1. The summed E-state index contributed by atoms with van der Waals surface area (Å²) in [5, 5.41) is 7.64. The zero-order chi connectivity index (χ0) is 15.9. The Bertz CT molecular complexity index is 559. The van der Waals surface area contributed by atoms with Crippen molar-refractivity contribution in [3.05, 3.63) is 35.7 Å². The molecule has 0 radical (unpaired) electrons. The van der Waals surface area contributed by atoms with E-state index in [4.69, 9.17) is 17.0 Å². The Balaban J connectivity index is 1.96. The van der Waals surface area contributed by atoms with E-state index in [1.165, 1.54) is 11.4 Å². The Morgan fingerprint density at radius 3 is 3.09 bits per heavy atom. The molecule has 2 N–H and O–H groups in total. The summed E-state index contributed by atoms with van der Waals surface area (Å²) in [6.45, 7) is 10.3. The molecule has 0 unspecified atom stereocenters. The molecule has 1 aromatic rings. The number of hydrogen-bond donors (Lipinski definition) is 2. The second-order valence-electron chi connectivity index (χ2n) is 5.44. The van der Waals surface area contributed by atoms with E-state index in [9.17, 15) is 0 Å². The Morgan fingerprint density at radius 1 is 1.59 bits per heavy atom. The lowest BCUT2D eigenvalue weighted by atomic mass is 10.2. The first-order valence-corrected chi connectivity index (χ1v) is 7.98. The lowest BCUT2D eigenvalue weighted by Crippen LogP contribution is -2.31. The highest BCUT2D eigenvalue weighted by molar-refractivity contribution is 7.80. The Hall–Kier alpha value is -1.66. The minimum atomic E-state index is 0.336. The van der Waals surface area contributed by atoms with Gasteiger partial charge in [-0.15, -0.1) is 6.58 Å². The van der Waals surface area contributed by atoms with Gasteiger partial charge in [-0.2, -0.15) is 5.10 Å². The van der Waals surface area contributed by atoms with Crippen LogP contribution >= 0.6 is 12.2 Å². The van der Waals surface area contributed by atoms with Gasteiger partial charge in [0, 0.05) is 36.6 Å². The van der Waals surface area contributed by atoms with Crippen LogP contribution in [0.2, 0.25) is 0 Å². The van der Waals surface area contributed by atoms with Crippen molar-refractivity contribution in [2.45, 2.75) is 39.3 Å². The molecule has 0 bridgehead atoms. The average molecular weight is 320 g/mol. The van der Waals surface area contributed by atoms with Gasteiger partial charge in [-0.1, -0.05) is 6.08 Å². The van der Waals surface area contributed by atoms with Crippen LogP contribution in [0.3, 0.4) is 0 Å². The average Bonchev–Trinajstić information content (AvgIpc) is 3.09. The molecule has 0 aliphatic carbocycles. The van der Waals surface area contributed by atoms with Crippen LogP contribution in [-0.4, -0.2) is 35.1 Å². The van der Waals surface area contributed by atoms with Crippen LogP contribution < -0.4 is 10.7 Å². The minimum Gasteiger partial charge on any atom is -0.376 e. The van der Waals surface area contributed by atoms with E-state index in [2.05, 4.69) is 46.9 Å². The second kappa shape index (κ2) is 8.10. The number of nitrogens with zero attached hydrogens (tertiary/aromatic N) is 2. The number of hydrogen-bond acceptors (Lipinski definition) is 3. The van der Waals surface area contributed by atoms with Crippen molar-refractivity contribution >= 4 is 23.5 Å². The maximum atomic E-state index is 5.73. The number of ether oxygens (including phenoxy) is 1. The highest BCUT2D eigenvalue weighted by Gasteiger charge is 2.18. The number of thiocarbonyl (C=S) groups is 1. The molecular weight excluding hydrogens is 296 g/mol. The largest absolute Gasteiger partial charge is 0.376 e. The summed E-state index contributed by atoms with van der Waals surface area (Å²) < 4.78 is 8.02. The number of aryl methyl sites for hydroxylation is 1. The molecule has 0 spiro atoms. The van der Waals surface area contributed by atoms with Gasteiger partial charge in [-0.05, 0) is 45.0 Å². The van der Waals surface area contributed by atoms with E-state index in [1.807, 2.05) is 0 Å². The first-order valence-electron chi connectivity index (χ1n) is 7.58. The van der Waals surface area contributed by atoms with E-state index in [1.54, 1.807) is 12.3 Å².